The minimum absolute atomic E-state index is 0.164. The first kappa shape index (κ1) is 16.2. The van der Waals surface area contributed by atoms with Gasteiger partial charge in [-0.1, -0.05) is 30.3 Å². The third kappa shape index (κ3) is 3.51. The van der Waals surface area contributed by atoms with E-state index >= 15 is 0 Å². The molecule has 2 aromatic rings. The maximum absolute atomic E-state index is 13.6. The van der Waals surface area contributed by atoms with Crippen LogP contribution in [0.3, 0.4) is 0 Å². The van der Waals surface area contributed by atoms with Gasteiger partial charge in [0.2, 0.25) is 0 Å². The fraction of sp³-hybridized carbons (Fsp3) is 0.188. The summed E-state index contributed by atoms with van der Waals surface area (Å²) >= 11 is 0. The van der Waals surface area contributed by atoms with Gasteiger partial charge in [-0.25, -0.2) is 4.39 Å². The fourth-order valence-electron chi connectivity index (χ4n) is 1.99. The van der Waals surface area contributed by atoms with Gasteiger partial charge in [0.1, 0.15) is 5.82 Å². The summed E-state index contributed by atoms with van der Waals surface area (Å²) in [4.78, 5) is 2.33. The van der Waals surface area contributed by atoms with E-state index in [4.69, 9.17) is 0 Å². The molecule has 22 heavy (non-hydrogen) atoms. The Morgan fingerprint density at radius 3 is 2.50 bits per heavy atom. The number of sulfonamides is 1. The largest absolute Gasteiger partial charge is 0.276 e. The second-order valence-corrected chi connectivity index (χ2v) is 6.67. The van der Waals surface area contributed by atoms with Crippen molar-refractivity contribution in [3.63, 3.8) is 0 Å². The lowest BCUT2D eigenvalue weighted by molar-refractivity contribution is 0.583. The van der Waals surface area contributed by atoms with Crippen LogP contribution in [-0.4, -0.2) is 14.1 Å². The highest BCUT2D eigenvalue weighted by atomic mass is 32.2. The molecule has 0 saturated heterocycles. The van der Waals surface area contributed by atoms with Crippen molar-refractivity contribution in [1.29, 1.82) is 0 Å². The summed E-state index contributed by atoms with van der Waals surface area (Å²) in [7, 11) is -3.79. The molecule has 1 N–H and O–H groups in total. The molecule has 0 spiro atoms. The summed E-state index contributed by atoms with van der Waals surface area (Å²) in [5.74, 6) is -0.449. The van der Waals surface area contributed by atoms with Gasteiger partial charge in [-0.3, -0.25) is 0 Å². The molecule has 0 aliphatic heterocycles. The van der Waals surface area contributed by atoms with Gasteiger partial charge in [0, 0.05) is 5.56 Å². The Labute approximate surface area is 129 Å². The van der Waals surface area contributed by atoms with Gasteiger partial charge in [0.25, 0.3) is 10.0 Å². The number of halogens is 1. The third-order valence-corrected chi connectivity index (χ3v) is 4.58. The van der Waals surface area contributed by atoms with Crippen molar-refractivity contribution in [1.82, 2.24) is 4.83 Å². The Morgan fingerprint density at radius 2 is 1.82 bits per heavy atom. The SMILES string of the molecule is C/C(=N/NS(=O)(=O)c1cc(C)ccc1C)c1ccccc1F. The molecule has 0 aliphatic rings. The molecule has 116 valence electrons. The molecule has 6 heteroatoms. The van der Waals surface area contributed by atoms with E-state index in [-0.39, 0.29) is 16.2 Å². The first-order valence-corrected chi connectivity index (χ1v) is 8.18. The molecule has 0 aliphatic carbocycles. The van der Waals surface area contributed by atoms with E-state index in [0.717, 1.165) is 5.56 Å². The predicted molar refractivity (Wildman–Crippen MR) is 84.8 cm³/mol. The van der Waals surface area contributed by atoms with Gasteiger partial charge >= 0.3 is 0 Å². The van der Waals surface area contributed by atoms with Gasteiger partial charge in [-0.15, -0.1) is 0 Å². The van der Waals surface area contributed by atoms with E-state index in [1.165, 1.54) is 6.07 Å². The van der Waals surface area contributed by atoms with E-state index in [1.54, 1.807) is 44.2 Å². The van der Waals surface area contributed by atoms with Crippen molar-refractivity contribution in [2.45, 2.75) is 25.7 Å². The van der Waals surface area contributed by atoms with Crippen LogP contribution in [0.1, 0.15) is 23.6 Å². The number of aryl methyl sites for hydroxylation is 2. The van der Waals surface area contributed by atoms with Crippen LogP contribution in [0.4, 0.5) is 4.39 Å². The minimum atomic E-state index is -3.79. The van der Waals surface area contributed by atoms with Crippen LogP contribution in [0, 0.1) is 19.7 Å². The number of benzene rings is 2. The van der Waals surface area contributed by atoms with Crippen LogP contribution in [0.25, 0.3) is 0 Å². The lowest BCUT2D eigenvalue weighted by atomic mass is 10.1. The molecule has 0 atom stereocenters. The Bertz CT molecular complexity index is 830. The summed E-state index contributed by atoms with van der Waals surface area (Å²) in [5.41, 5.74) is 1.97. The van der Waals surface area contributed by atoms with E-state index in [2.05, 4.69) is 9.93 Å². The molecule has 0 radical (unpaired) electrons. The van der Waals surface area contributed by atoms with Gasteiger partial charge in [0.05, 0.1) is 10.6 Å². The zero-order valence-electron chi connectivity index (χ0n) is 12.6. The predicted octanol–water partition coefficient (Wildman–Crippen LogP) is 3.15. The van der Waals surface area contributed by atoms with Crippen molar-refractivity contribution in [2.75, 3.05) is 0 Å². The van der Waals surface area contributed by atoms with Gasteiger partial charge in [-0.2, -0.15) is 18.4 Å². The van der Waals surface area contributed by atoms with E-state index in [9.17, 15) is 12.8 Å². The van der Waals surface area contributed by atoms with Crippen LogP contribution in [0.2, 0.25) is 0 Å². The maximum Gasteiger partial charge on any atom is 0.276 e. The van der Waals surface area contributed by atoms with Crippen LogP contribution in [-0.2, 0) is 10.0 Å². The third-order valence-electron chi connectivity index (χ3n) is 3.23. The minimum Gasteiger partial charge on any atom is -0.206 e. The highest BCUT2D eigenvalue weighted by Gasteiger charge is 2.16. The topological polar surface area (TPSA) is 58.5 Å². The summed E-state index contributed by atoms with van der Waals surface area (Å²) in [6, 6.07) is 11.2. The van der Waals surface area contributed by atoms with E-state index in [1.807, 2.05) is 13.0 Å². The Kier molecular flexibility index (Phi) is 4.61. The monoisotopic (exact) mass is 320 g/mol. The summed E-state index contributed by atoms with van der Waals surface area (Å²) < 4.78 is 38.3. The van der Waals surface area contributed by atoms with Gasteiger partial charge in [-0.05, 0) is 44.0 Å². The lowest BCUT2D eigenvalue weighted by Crippen LogP contribution is -2.21. The Hall–Kier alpha value is -2.21. The molecule has 0 unspecified atom stereocenters. The molecule has 0 aromatic heterocycles. The van der Waals surface area contributed by atoms with Crippen molar-refractivity contribution < 1.29 is 12.8 Å². The smallest absolute Gasteiger partial charge is 0.206 e. The maximum atomic E-state index is 13.6. The van der Waals surface area contributed by atoms with Gasteiger partial charge in [0.15, 0.2) is 0 Å². The Morgan fingerprint density at radius 1 is 1.14 bits per heavy atom. The van der Waals surface area contributed by atoms with Crippen molar-refractivity contribution in [3.05, 3.63) is 65.0 Å². The van der Waals surface area contributed by atoms with Crippen LogP contribution >= 0.6 is 0 Å². The molecule has 4 nitrogen and oxygen atoms in total. The summed E-state index contributed by atoms with van der Waals surface area (Å²) in [6.07, 6.45) is 0. The highest BCUT2D eigenvalue weighted by Crippen LogP contribution is 2.16. The zero-order chi connectivity index (χ0) is 16.3. The molecule has 2 rings (SSSR count). The number of nitrogens with one attached hydrogen (secondary N) is 1. The fourth-order valence-corrected chi connectivity index (χ4v) is 3.18. The average Bonchev–Trinajstić information content (AvgIpc) is 2.48. The first-order valence-electron chi connectivity index (χ1n) is 6.69. The summed E-state index contributed by atoms with van der Waals surface area (Å²) in [5, 5.41) is 3.81. The zero-order valence-corrected chi connectivity index (χ0v) is 13.4. The lowest BCUT2D eigenvalue weighted by Gasteiger charge is -2.09. The van der Waals surface area contributed by atoms with Crippen LogP contribution in [0.15, 0.2) is 52.5 Å². The number of nitrogens with zero attached hydrogens (tertiary/aromatic N) is 1. The average molecular weight is 320 g/mol. The van der Waals surface area contributed by atoms with Crippen LogP contribution in [0.5, 0.6) is 0 Å². The Balaban J connectivity index is 2.32. The number of hydrogen-bond acceptors (Lipinski definition) is 3. The molecule has 0 fully saturated rings. The normalized spacial score (nSPS) is 12.3. The van der Waals surface area contributed by atoms with E-state index < -0.39 is 15.8 Å². The summed E-state index contributed by atoms with van der Waals surface area (Å²) in [6.45, 7) is 5.07. The molecular weight excluding hydrogens is 303 g/mol. The first-order chi connectivity index (χ1) is 10.3. The van der Waals surface area contributed by atoms with Gasteiger partial charge < -0.3 is 0 Å². The van der Waals surface area contributed by atoms with Crippen molar-refractivity contribution in [3.8, 4) is 0 Å². The van der Waals surface area contributed by atoms with Crippen LogP contribution < -0.4 is 4.83 Å². The molecule has 0 heterocycles. The molecule has 0 saturated carbocycles. The van der Waals surface area contributed by atoms with Crippen molar-refractivity contribution in [2.24, 2.45) is 5.10 Å². The molecule has 0 amide bonds. The number of hydrazone groups is 1. The highest BCUT2D eigenvalue weighted by molar-refractivity contribution is 7.89. The quantitative estimate of drug-likeness (QED) is 0.695. The molecular formula is C16H17FN2O2S. The van der Waals surface area contributed by atoms with Crippen molar-refractivity contribution >= 4 is 15.7 Å². The standard InChI is InChI=1S/C16H17FN2O2S/c1-11-8-9-12(2)16(10-11)22(20,21)19-18-13(3)14-6-4-5-7-15(14)17/h4-10,19H,1-3H3/b18-13-. The molecule has 0 bridgehead atoms. The number of rotatable bonds is 4. The molecule has 2 aromatic carbocycles. The number of hydrogen-bond donors (Lipinski definition) is 1. The second-order valence-electron chi connectivity index (χ2n) is 5.04. The second kappa shape index (κ2) is 6.27. The van der Waals surface area contributed by atoms with E-state index in [0.29, 0.717) is 5.56 Å².